The average molecular weight is 527 g/mol. The van der Waals surface area contributed by atoms with E-state index in [1.54, 1.807) is 16.8 Å². The van der Waals surface area contributed by atoms with Crippen LogP contribution in [0.3, 0.4) is 0 Å². The van der Waals surface area contributed by atoms with E-state index in [4.69, 9.17) is 4.98 Å². The highest BCUT2D eigenvalue weighted by Crippen LogP contribution is 2.29. The van der Waals surface area contributed by atoms with Crippen LogP contribution in [0, 0.1) is 6.92 Å². The minimum atomic E-state index is -3.39. The molecule has 5 rings (SSSR count). The summed E-state index contributed by atoms with van der Waals surface area (Å²) in [5, 5.41) is 13.2. The maximum atomic E-state index is 13.9. The molecule has 0 bridgehead atoms. The van der Waals surface area contributed by atoms with Crippen molar-refractivity contribution < 1.29 is 18.3 Å². The van der Waals surface area contributed by atoms with Crippen molar-refractivity contribution in [2.75, 3.05) is 37.8 Å². The lowest BCUT2D eigenvalue weighted by Crippen LogP contribution is -2.41. The van der Waals surface area contributed by atoms with Crippen molar-refractivity contribution in [3.05, 3.63) is 52.4 Å². The largest absolute Gasteiger partial charge is 0.465 e. The number of hydrogen-bond acceptors (Lipinski definition) is 7. The summed E-state index contributed by atoms with van der Waals surface area (Å²) in [6.45, 7) is 3.34. The first kappa shape index (κ1) is 25.2. The Bertz CT molecular complexity index is 1510. The van der Waals surface area contributed by atoms with Crippen molar-refractivity contribution in [1.29, 1.82) is 0 Å². The van der Waals surface area contributed by atoms with E-state index in [9.17, 15) is 23.1 Å². The summed E-state index contributed by atoms with van der Waals surface area (Å²) in [6.07, 6.45) is 3.68. The van der Waals surface area contributed by atoms with E-state index >= 15 is 0 Å². The number of aryl methyl sites for hydroxylation is 1. The van der Waals surface area contributed by atoms with E-state index in [1.165, 1.54) is 15.5 Å². The molecule has 0 unspecified atom stereocenters. The summed E-state index contributed by atoms with van der Waals surface area (Å²) in [5.41, 5.74) is 2.52. The molecular weight excluding hydrogens is 496 g/mol. The number of carboxylic acid groups (broad SMARTS) is 1. The third-order valence-electron chi connectivity index (χ3n) is 7.27. The van der Waals surface area contributed by atoms with Crippen LogP contribution in [0.2, 0.25) is 0 Å². The maximum Gasteiger partial charge on any atom is 0.407 e. The van der Waals surface area contributed by atoms with E-state index in [0.29, 0.717) is 61.4 Å². The van der Waals surface area contributed by atoms with Gasteiger partial charge in [0.25, 0.3) is 5.56 Å². The zero-order chi connectivity index (χ0) is 26.3. The molecule has 2 aromatic heterocycles. The molecule has 37 heavy (non-hydrogen) atoms. The fourth-order valence-electron chi connectivity index (χ4n) is 5.22. The molecule has 2 fully saturated rings. The normalized spacial score (nSPS) is 19.4. The van der Waals surface area contributed by atoms with Crippen LogP contribution < -0.4 is 10.9 Å². The minimum absolute atomic E-state index is 0.00618. The van der Waals surface area contributed by atoms with Gasteiger partial charge in [-0.3, -0.25) is 9.36 Å². The highest BCUT2D eigenvalue weighted by atomic mass is 32.2. The van der Waals surface area contributed by atoms with Gasteiger partial charge < -0.3 is 15.3 Å². The number of amides is 1. The van der Waals surface area contributed by atoms with Gasteiger partial charge in [-0.1, -0.05) is 24.3 Å². The van der Waals surface area contributed by atoms with Gasteiger partial charge in [0.05, 0.1) is 12.3 Å². The van der Waals surface area contributed by atoms with Crippen molar-refractivity contribution >= 4 is 33.1 Å². The zero-order valence-electron chi connectivity index (χ0n) is 20.8. The van der Waals surface area contributed by atoms with Crippen molar-refractivity contribution in [2.24, 2.45) is 0 Å². The number of anilines is 1. The number of likely N-dealkylation sites (tertiary alicyclic amines) is 1. The number of piperidine rings is 1. The Labute approximate surface area is 214 Å². The number of sulfonamides is 1. The molecule has 1 amide bonds. The maximum absolute atomic E-state index is 13.9. The first-order chi connectivity index (χ1) is 17.6. The second-order valence-corrected chi connectivity index (χ2v) is 11.8. The molecule has 0 saturated carbocycles. The highest BCUT2D eigenvalue weighted by molar-refractivity contribution is 7.88. The van der Waals surface area contributed by atoms with Gasteiger partial charge in [0.15, 0.2) is 0 Å². The van der Waals surface area contributed by atoms with E-state index in [0.717, 1.165) is 11.1 Å². The minimum Gasteiger partial charge on any atom is -0.465 e. The molecule has 2 aliphatic rings. The Hall–Kier alpha value is -3.51. The van der Waals surface area contributed by atoms with Gasteiger partial charge in [-0.25, -0.2) is 22.5 Å². The number of rotatable bonds is 5. The highest BCUT2D eigenvalue weighted by Gasteiger charge is 2.32. The summed E-state index contributed by atoms with van der Waals surface area (Å²) in [7, 11) is -3.39. The smallest absolute Gasteiger partial charge is 0.407 e. The van der Waals surface area contributed by atoms with Crippen LogP contribution in [0.4, 0.5) is 10.7 Å². The van der Waals surface area contributed by atoms with Crippen LogP contribution in [0.15, 0.2) is 41.3 Å². The predicted octanol–water partition coefficient (Wildman–Crippen LogP) is 2.53. The van der Waals surface area contributed by atoms with Crippen LogP contribution in [0.25, 0.3) is 22.2 Å². The number of benzene rings is 1. The van der Waals surface area contributed by atoms with E-state index in [2.05, 4.69) is 10.3 Å². The number of nitrogens with one attached hydrogen (secondary N) is 1. The summed E-state index contributed by atoms with van der Waals surface area (Å²) >= 11 is 0. The molecule has 1 aromatic carbocycles. The first-order valence-electron chi connectivity index (χ1n) is 12.3. The number of nitrogens with zero attached hydrogens (tertiary/aromatic N) is 5. The van der Waals surface area contributed by atoms with Gasteiger partial charge >= 0.3 is 6.09 Å². The van der Waals surface area contributed by atoms with Crippen LogP contribution in [0.5, 0.6) is 0 Å². The summed E-state index contributed by atoms with van der Waals surface area (Å²) in [6, 6.07) is 9.10. The summed E-state index contributed by atoms with van der Waals surface area (Å²) in [5.74, 6) is 0.357. The molecule has 12 heteroatoms. The lowest BCUT2D eigenvalue weighted by atomic mass is 10.0. The predicted molar refractivity (Wildman–Crippen MR) is 140 cm³/mol. The molecule has 2 aliphatic heterocycles. The zero-order valence-corrected chi connectivity index (χ0v) is 21.6. The number of pyridine rings is 1. The standard InChI is InChI=1S/C25H30N6O5S/c1-16-5-3-4-6-20(16)21-13-17-14-26-24(27-18-7-10-29(11-8-18)25(33)34)28-22(17)31(23(21)32)19-9-12-30(15-19)37(2,35)36/h3-6,13-14,18-19H,7-12,15H2,1-2H3,(H,33,34)(H,26,27,28)/t19-/m0/s1. The molecule has 1 atom stereocenters. The molecule has 4 heterocycles. The van der Waals surface area contributed by atoms with Crippen molar-refractivity contribution in [1.82, 2.24) is 23.7 Å². The van der Waals surface area contributed by atoms with Crippen LogP contribution in [-0.2, 0) is 10.0 Å². The van der Waals surface area contributed by atoms with E-state index < -0.39 is 16.1 Å². The SMILES string of the molecule is Cc1ccccc1-c1cc2cnc(NC3CCN(C(=O)O)CC3)nc2n([C@H]2CCN(S(C)(=O)=O)C2)c1=O. The summed E-state index contributed by atoms with van der Waals surface area (Å²) < 4.78 is 27.4. The monoisotopic (exact) mass is 526 g/mol. The molecule has 2 N–H and O–H groups in total. The molecule has 11 nitrogen and oxygen atoms in total. The fourth-order valence-corrected chi connectivity index (χ4v) is 6.10. The second kappa shape index (κ2) is 9.75. The van der Waals surface area contributed by atoms with Gasteiger partial charge in [-0.15, -0.1) is 0 Å². The van der Waals surface area contributed by atoms with E-state index in [1.807, 2.05) is 31.2 Å². The van der Waals surface area contributed by atoms with Crippen LogP contribution >= 0.6 is 0 Å². The average Bonchev–Trinajstić information content (AvgIpc) is 3.35. The number of carbonyl (C=O) groups is 1. The number of fused-ring (bicyclic) bond motifs is 1. The van der Waals surface area contributed by atoms with Crippen LogP contribution in [0.1, 0.15) is 30.9 Å². The van der Waals surface area contributed by atoms with Crippen molar-refractivity contribution in [2.45, 2.75) is 38.3 Å². The van der Waals surface area contributed by atoms with Gasteiger partial charge in [0.1, 0.15) is 5.65 Å². The van der Waals surface area contributed by atoms with Crippen LogP contribution in [-0.4, -0.2) is 81.8 Å². The third kappa shape index (κ3) is 5.03. The lowest BCUT2D eigenvalue weighted by molar-refractivity contribution is 0.133. The van der Waals surface area contributed by atoms with Crippen molar-refractivity contribution in [3.8, 4) is 11.1 Å². The van der Waals surface area contributed by atoms with Crippen molar-refractivity contribution in [3.63, 3.8) is 0 Å². The fraction of sp³-hybridized carbons (Fsp3) is 0.440. The Kier molecular flexibility index (Phi) is 6.63. The topological polar surface area (TPSA) is 138 Å². The Morgan fingerprint density at radius 1 is 1.11 bits per heavy atom. The molecule has 0 aliphatic carbocycles. The molecular formula is C25H30N6O5S. The first-order valence-corrected chi connectivity index (χ1v) is 14.1. The molecule has 3 aromatic rings. The lowest BCUT2D eigenvalue weighted by Gasteiger charge is -2.30. The molecule has 196 valence electrons. The van der Waals surface area contributed by atoms with Gasteiger partial charge in [0.2, 0.25) is 16.0 Å². The third-order valence-corrected chi connectivity index (χ3v) is 8.54. The summed E-state index contributed by atoms with van der Waals surface area (Å²) in [4.78, 5) is 35.7. The molecule has 0 radical (unpaired) electrons. The van der Waals surface area contributed by atoms with Gasteiger partial charge in [-0.2, -0.15) is 4.98 Å². The van der Waals surface area contributed by atoms with Gasteiger partial charge in [-0.05, 0) is 43.4 Å². The number of hydrogen-bond donors (Lipinski definition) is 2. The van der Waals surface area contributed by atoms with E-state index in [-0.39, 0.29) is 24.2 Å². The Balaban J connectivity index is 1.56. The molecule has 0 spiro atoms. The molecule has 2 saturated heterocycles. The second-order valence-electron chi connectivity index (χ2n) is 9.77. The Morgan fingerprint density at radius 3 is 2.49 bits per heavy atom. The quantitative estimate of drug-likeness (QED) is 0.517. The van der Waals surface area contributed by atoms with Gasteiger partial charge in [0, 0.05) is 49.4 Å². The Morgan fingerprint density at radius 2 is 1.84 bits per heavy atom. The number of aromatic nitrogens is 3.